The minimum atomic E-state index is -0.240. The van der Waals surface area contributed by atoms with Crippen LogP contribution in [0.3, 0.4) is 0 Å². The third-order valence-corrected chi connectivity index (χ3v) is 5.49. The van der Waals surface area contributed by atoms with Gasteiger partial charge in [-0.3, -0.25) is 9.59 Å². The molecule has 1 atom stereocenters. The van der Waals surface area contributed by atoms with Crippen molar-refractivity contribution >= 4 is 28.6 Å². The summed E-state index contributed by atoms with van der Waals surface area (Å²) >= 11 is 0. The Balaban J connectivity index is 1.40. The van der Waals surface area contributed by atoms with Gasteiger partial charge in [-0.25, -0.2) is 4.98 Å². The van der Waals surface area contributed by atoms with E-state index in [1.807, 2.05) is 37.3 Å². The van der Waals surface area contributed by atoms with Crippen LogP contribution in [0, 0.1) is 12.8 Å². The number of aryl methyl sites for hydroxylation is 1. The van der Waals surface area contributed by atoms with Crippen LogP contribution in [0.2, 0.25) is 0 Å². The van der Waals surface area contributed by atoms with Gasteiger partial charge in [-0.2, -0.15) is 0 Å². The summed E-state index contributed by atoms with van der Waals surface area (Å²) in [5, 5.41) is 3.78. The summed E-state index contributed by atoms with van der Waals surface area (Å²) in [5.41, 5.74) is 2.38. The van der Waals surface area contributed by atoms with Gasteiger partial charge in [-0.1, -0.05) is 6.07 Å². The molecule has 3 aromatic rings. The van der Waals surface area contributed by atoms with Gasteiger partial charge in [0.05, 0.1) is 25.7 Å². The summed E-state index contributed by atoms with van der Waals surface area (Å²) in [7, 11) is 1.60. The van der Waals surface area contributed by atoms with Gasteiger partial charge in [-0.15, -0.1) is 0 Å². The van der Waals surface area contributed by atoms with Crippen LogP contribution in [0.15, 0.2) is 47.1 Å². The highest BCUT2D eigenvalue weighted by atomic mass is 16.5. The number of hydrogen-bond acceptors (Lipinski definition) is 5. The number of nitrogens with zero attached hydrogens (tertiary/aromatic N) is 2. The molecule has 3 heterocycles. The van der Waals surface area contributed by atoms with E-state index in [9.17, 15) is 9.59 Å². The molecule has 30 heavy (non-hydrogen) atoms. The van der Waals surface area contributed by atoms with Crippen molar-refractivity contribution in [2.24, 2.45) is 5.92 Å². The lowest BCUT2D eigenvalue weighted by molar-refractivity contribution is -0.133. The average molecular weight is 407 g/mol. The zero-order chi connectivity index (χ0) is 21.1. The maximum atomic E-state index is 12.9. The van der Waals surface area contributed by atoms with E-state index in [-0.39, 0.29) is 24.2 Å². The van der Waals surface area contributed by atoms with Crippen molar-refractivity contribution in [1.82, 2.24) is 9.88 Å². The number of benzene rings is 1. The van der Waals surface area contributed by atoms with Gasteiger partial charge in [0, 0.05) is 35.8 Å². The van der Waals surface area contributed by atoms with Crippen LogP contribution in [-0.4, -0.2) is 41.9 Å². The number of likely N-dealkylation sites (tertiary alicyclic amines) is 1. The van der Waals surface area contributed by atoms with Crippen LogP contribution in [0.25, 0.3) is 11.0 Å². The van der Waals surface area contributed by atoms with Gasteiger partial charge in [0.2, 0.25) is 11.8 Å². The van der Waals surface area contributed by atoms with Crippen molar-refractivity contribution in [1.29, 1.82) is 0 Å². The molecular formula is C23H25N3O4. The van der Waals surface area contributed by atoms with Gasteiger partial charge < -0.3 is 19.4 Å². The molecule has 0 radical (unpaired) electrons. The molecule has 1 aliphatic rings. The smallest absolute Gasteiger partial charge is 0.230 e. The fraction of sp³-hybridized carbons (Fsp3) is 0.348. The molecule has 1 aromatic carbocycles. The Kier molecular flexibility index (Phi) is 5.70. The van der Waals surface area contributed by atoms with E-state index in [0.717, 1.165) is 29.5 Å². The highest BCUT2D eigenvalue weighted by molar-refractivity contribution is 5.93. The van der Waals surface area contributed by atoms with Gasteiger partial charge in [0.25, 0.3) is 0 Å². The molecule has 7 nitrogen and oxygen atoms in total. The minimum Gasteiger partial charge on any atom is -0.497 e. The van der Waals surface area contributed by atoms with Crippen LogP contribution >= 0.6 is 0 Å². The molecule has 2 amide bonds. The van der Waals surface area contributed by atoms with E-state index < -0.39 is 0 Å². The number of fused-ring (bicyclic) bond motifs is 1. The first-order valence-electron chi connectivity index (χ1n) is 10.1. The Morgan fingerprint density at radius 1 is 1.30 bits per heavy atom. The van der Waals surface area contributed by atoms with Crippen LogP contribution < -0.4 is 10.1 Å². The van der Waals surface area contributed by atoms with Crippen LogP contribution in [0.4, 0.5) is 5.82 Å². The van der Waals surface area contributed by atoms with Crippen molar-refractivity contribution in [3.8, 4) is 5.75 Å². The molecular weight excluding hydrogens is 382 g/mol. The van der Waals surface area contributed by atoms with Gasteiger partial charge in [-0.05, 0) is 44.0 Å². The molecule has 0 bridgehead atoms. The molecule has 0 aliphatic carbocycles. The monoisotopic (exact) mass is 407 g/mol. The van der Waals surface area contributed by atoms with Crippen molar-refractivity contribution in [2.75, 3.05) is 25.5 Å². The fourth-order valence-electron chi connectivity index (χ4n) is 3.86. The molecule has 7 heteroatoms. The first-order valence-corrected chi connectivity index (χ1v) is 10.1. The second-order valence-electron chi connectivity index (χ2n) is 7.63. The largest absolute Gasteiger partial charge is 0.497 e. The van der Waals surface area contributed by atoms with Crippen molar-refractivity contribution in [2.45, 2.75) is 26.2 Å². The minimum absolute atomic E-state index is 0.000279. The number of methoxy groups -OCH3 is 1. The van der Waals surface area contributed by atoms with Crippen LogP contribution in [0.1, 0.15) is 24.1 Å². The predicted octanol–water partition coefficient (Wildman–Crippen LogP) is 3.56. The normalized spacial score (nSPS) is 16.5. The zero-order valence-electron chi connectivity index (χ0n) is 17.2. The lowest BCUT2D eigenvalue weighted by atomic mass is 9.96. The Morgan fingerprint density at radius 3 is 2.97 bits per heavy atom. The third-order valence-electron chi connectivity index (χ3n) is 5.49. The molecule has 1 N–H and O–H groups in total. The van der Waals surface area contributed by atoms with Crippen molar-refractivity contribution in [3.63, 3.8) is 0 Å². The molecule has 1 aliphatic heterocycles. The standard InChI is InChI=1S/C23H25N3O4/c1-15-5-3-7-21(24-15)25-23(28)16-6-4-10-26(13-16)22(27)11-17-14-30-20-12-18(29-2)8-9-19(17)20/h3,5,7-9,12,14,16H,4,6,10-11,13H2,1-2H3,(H,24,25,28). The topological polar surface area (TPSA) is 84.7 Å². The third kappa shape index (κ3) is 4.30. The number of rotatable bonds is 5. The lowest BCUT2D eigenvalue weighted by Crippen LogP contribution is -2.44. The van der Waals surface area contributed by atoms with E-state index in [0.29, 0.717) is 30.2 Å². The van der Waals surface area contributed by atoms with Crippen molar-refractivity contribution in [3.05, 3.63) is 53.9 Å². The van der Waals surface area contributed by atoms with Gasteiger partial charge >= 0.3 is 0 Å². The number of amides is 2. The van der Waals surface area contributed by atoms with E-state index in [1.54, 1.807) is 24.3 Å². The van der Waals surface area contributed by atoms with Gasteiger partial charge in [0.15, 0.2) is 0 Å². The SMILES string of the molecule is COc1ccc2c(CC(=O)N3CCCC(C(=O)Nc4cccc(C)n4)C3)coc2c1. The van der Waals surface area contributed by atoms with E-state index in [4.69, 9.17) is 9.15 Å². The second-order valence-corrected chi connectivity index (χ2v) is 7.63. The summed E-state index contributed by atoms with van der Waals surface area (Å²) in [6.07, 6.45) is 3.43. The number of anilines is 1. The number of piperidine rings is 1. The Bertz CT molecular complexity index is 1080. The molecule has 156 valence electrons. The molecule has 1 saturated heterocycles. The maximum Gasteiger partial charge on any atom is 0.230 e. The fourth-order valence-corrected chi connectivity index (χ4v) is 3.86. The number of carbonyl (C=O) groups is 2. The highest BCUT2D eigenvalue weighted by Crippen LogP contribution is 2.27. The van der Waals surface area contributed by atoms with Crippen LogP contribution in [-0.2, 0) is 16.0 Å². The number of hydrogen-bond donors (Lipinski definition) is 1. The molecule has 0 saturated carbocycles. The first-order chi connectivity index (χ1) is 14.5. The molecule has 1 fully saturated rings. The molecule has 1 unspecified atom stereocenters. The second kappa shape index (κ2) is 8.57. The number of aromatic nitrogens is 1. The van der Waals surface area contributed by atoms with Gasteiger partial charge in [0.1, 0.15) is 17.2 Å². The predicted molar refractivity (Wildman–Crippen MR) is 113 cm³/mol. The quantitative estimate of drug-likeness (QED) is 0.699. The summed E-state index contributed by atoms with van der Waals surface area (Å²) in [4.78, 5) is 31.7. The Hall–Kier alpha value is -3.35. The van der Waals surface area contributed by atoms with E-state index in [1.165, 1.54) is 0 Å². The highest BCUT2D eigenvalue weighted by Gasteiger charge is 2.29. The molecule has 4 rings (SSSR count). The average Bonchev–Trinajstić information content (AvgIpc) is 3.15. The lowest BCUT2D eigenvalue weighted by Gasteiger charge is -2.32. The van der Waals surface area contributed by atoms with E-state index in [2.05, 4.69) is 10.3 Å². The number of furan rings is 1. The summed E-state index contributed by atoms with van der Waals surface area (Å²) < 4.78 is 10.8. The summed E-state index contributed by atoms with van der Waals surface area (Å²) in [6, 6.07) is 11.1. The number of carbonyl (C=O) groups excluding carboxylic acids is 2. The molecule has 2 aromatic heterocycles. The molecule has 0 spiro atoms. The number of nitrogens with one attached hydrogen (secondary N) is 1. The Morgan fingerprint density at radius 2 is 2.17 bits per heavy atom. The van der Waals surface area contributed by atoms with E-state index >= 15 is 0 Å². The summed E-state index contributed by atoms with van der Waals surface area (Å²) in [6.45, 7) is 2.96. The number of ether oxygens (including phenoxy) is 1. The zero-order valence-corrected chi connectivity index (χ0v) is 17.2. The Labute approximate surface area is 175 Å². The van der Waals surface area contributed by atoms with Crippen molar-refractivity contribution < 1.29 is 18.7 Å². The maximum absolute atomic E-state index is 12.9. The summed E-state index contributed by atoms with van der Waals surface area (Å²) in [5.74, 6) is 0.924. The van der Waals surface area contributed by atoms with Crippen LogP contribution in [0.5, 0.6) is 5.75 Å². The first kappa shape index (κ1) is 19.9. The number of pyridine rings is 1.